The molecule has 0 aliphatic carbocycles. The number of rotatable bonds is 4. The Balaban J connectivity index is 0.000000151. The topological polar surface area (TPSA) is 130 Å². The number of carboxylic acid groups (broad SMARTS) is 1. The summed E-state index contributed by atoms with van der Waals surface area (Å²) >= 11 is 23.5. The number of carbonyl (C=O) groups excluding carboxylic acids is 1. The minimum Gasteiger partial charge on any atom is -0.478 e. The molecule has 2 aromatic carbocycles. The molecule has 8 rings (SSSR count). The quantitative estimate of drug-likeness (QED) is 0.181. The van der Waals surface area contributed by atoms with Gasteiger partial charge in [-0.15, -0.1) is 0 Å². The van der Waals surface area contributed by atoms with Crippen LogP contribution in [0.4, 0.5) is 0 Å². The number of carbonyl (C=O) groups is 2. The number of aryl methyl sites for hydroxylation is 2. The molecule has 0 radical (unpaired) electrons. The van der Waals surface area contributed by atoms with Gasteiger partial charge in [-0.25, -0.2) is 23.8 Å². The van der Waals surface area contributed by atoms with Gasteiger partial charge in [0.2, 0.25) is 0 Å². The molecule has 2 fully saturated rings. The van der Waals surface area contributed by atoms with Crippen LogP contribution >= 0.6 is 46.4 Å². The fourth-order valence-electron chi connectivity index (χ4n) is 6.47. The van der Waals surface area contributed by atoms with E-state index < -0.39 is 5.97 Å². The number of benzene rings is 2. The Bertz CT molecular complexity index is 2250. The molecule has 2 aliphatic rings. The number of hydrogen-bond donors (Lipinski definition) is 2. The van der Waals surface area contributed by atoms with Crippen molar-refractivity contribution >= 4 is 69.6 Å². The summed E-state index contributed by atoms with van der Waals surface area (Å²) in [6.07, 6.45) is 10.4. The molecular weight excluding hydrogens is 758 g/mol. The predicted octanol–water partition coefficient (Wildman–Crippen LogP) is 9.26. The minimum atomic E-state index is -0.940. The van der Waals surface area contributed by atoms with Gasteiger partial charge in [-0.2, -0.15) is 10.2 Å². The number of piperidine rings is 2. The number of fused-ring (bicyclic) bond motifs is 2. The van der Waals surface area contributed by atoms with Crippen LogP contribution < -0.4 is 5.32 Å². The molecule has 2 atom stereocenters. The molecule has 11 nitrogen and oxygen atoms in total. The molecular formula is C38H38Cl4N8O3. The number of likely N-dealkylation sites (tertiary alicyclic amines) is 1. The zero-order valence-corrected chi connectivity index (χ0v) is 32.2. The average molecular weight is 797 g/mol. The first-order valence-corrected chi connectivity index (χ1v) is 18.8. The van der Waals surface area contributed by atoms with Gasteiger partial charge in [-0.1, -0.05) is 65.0 Å². The Morgan fingerprint density at radius 1 is 0.717 bits per heavy atom. The molecule has 53 heavy (non-hydrogen) atoms. The van der Waals surface area contributed by atoms with Crippen molar-refractivity contribution in [2.24, 2.45) is 0 Å². The summed E-state index contributed by atoms with van der Waals surface area (Å²) in [6.45, 7) is 5.45. The third-order valence-electron chi connectivity index (χ3n) is 9.24. The van der Waals surface area contributed by atoms with Crippen LogP contribution in [0.5, 0.6) is 0 Å². The van der Waals surface area contributed by atoms with Gasteiger partial charge in [0.05, 0.1) is 41.4 Å². The van der Waals surface area contributed by atoms with Crippen molar-refractivity contribution < 1.29 is 14.7 Å². The molecule has 0 unspecified atom stereocenters. The van der Waals surface area contributed by atoms with E-state index in [2.05, 4.69) is 25.5 Å². The van der Waals surface area contributed by atoms with E-state index in [4.69, 9.17) is 51.5 Å². The molecule has 15 heteroatoms. The lowest BCUT2D eigenvalue weighted by Gasteiger charge is -2.35. The van der Waals surface area contributed by atoms with Gasteiger partial charge in [0, 0.05) is 22.2 Å². The highest BCUT2D eigenvalue weighted by Gasteiger charge is 2.31. The van der Waals surface area contributed by atoms with Crippen LogP contribution in [-0.4, -0.2) is 64.2 Å². The van der Waals surface area contributed by atoms with Crippen molar-refractivity contribution in [3.05, 3.63) is 127 Å². The average Bonchev–Trinajstić information content (AvgIpc) is 3.78. The predicted molar refractivity (Wildman–Crippen MR) is 208 cm³/mol. The number of hydrogen-bond acceptors (Lipinski definition) is 7. The molecule has 4 aromatic heterocycles. The molecule has 6 heterocycles. The number of aromatic nitrogens is 6. The van der Waals surface area contributed by atoms with E-state index in [9.17, 15) is 9.59 Å². The van der Waals surface area contributed by atoms with E-state index in [1.54, 1.807) is 52.4 Å². The Kier molecular flexibility index (Phi) is 12.5. The van der Waals surface area contributed by atoms with Gasteiger partial charge < -0.3 is 15.3 Å². The van der Waals surface area contributed by atoms with E-state index in [0.29, 0.717) is 38.5 Å². The van der Waals surface area contributed by atoms with Crippen molar-refractivity contribution in [3.8, 4) is 0 Å². The van der Waals surface area contributed by atoms with E-state index in [0.717, 1.165) is 66.0 Å². The maximum absolute atomic E-state index is 13.2. The van der Waals surface area contributed by atoms with Gasteiger partial charge in [0.25, 0.3) is 5.91 Å². The molecule has 2 saturated heterocycles. The number of halogens is 4. The molecule has 6 aromatic rings. The fraction of sp³-hybridized carbons (Fsp3) is 0.316. The van der Waals surface area contributed by atoms with Crippen molar-refractivity contribution in [3.63, 3.8) is 0 Å². The highest BCUT2D eigenvalue weighted by atomic mass is 35.5. The molecule has 0 bridgehead atoms. The van der Waals surface area contributed by atoms with E-state index in [1.165, 1.54) is 18.9 Å². The maximum atomic E-state index is 13.2. The first kappa shape index (κ1) is 38.5. The van der Waals surface area contributed by atoms with Crippen molar-refractivity contribution in [1.82, 2.24) is 39.4 Å². The summed E-state index contributed by atoms with van der Waals surface area (Å²) in [5.41, 5.74) is 6.04. The molecule has 0 spiro atoms. The standard InChI is InChI=1S/C19H18Cl2N4O.C11H13ClN4.C8H7ClO2/c1-12-5-6-13(20)10-14(12)19(26)24-9-3-2-4-16(24)15-11-25-18(22-15)8-7-17(21)23-25;12-10-4-5-11-14-9(7-16(11)15-10)8-3-1-2-6-13-8;1-5-2-3-6(9)4-7(5)8(10)11/h5-8,10-11,16H,2-4,9H2,1H3;4-5,7-8,13H,1-3,6H2;2-4H,1H3,(H,10,11)/t16-;8-;/m00./s1. The number of imidazole rings is 2. The first-order chi connectivity index (χ1) is 25.5. The Labute approximate surface area is 326 Å². The Morgan fingerprint density at radius 2 is 1.28 bits per heavy atom. The molecule has 276 valence electrons. The van der Waals surface area contributed by atoms with Crippen LogP contribution in [0.3, 0.4) is 0 Å². The van der Waals surface area contributed by atoms with Crippen LogP contribution in [0.15, 0.2) is 73.1 Å². The van der Waals surface area contributed by atoms with Crippen LogP contribution in [0, 0.1) is 13.8 Å². The third kappa shape index (κ3) is 9.46. The number of aromatic carboxylic acids is 1. The Hall–Kier alpha value is -4.26. The second kappa shape index (κ2) is 17.3. The highest BCUT2D eigenvalue weighted by molar-refractivity contribution is 6.31. The fourth-order valence-corrected chi connectivity index (χ4v) is 7.11. The molecule has 0 saturated carbocycles. The van der Waals surface area contributed by atoms with Crippen LogP contribution in [-0.2, 0) is 0 Å². The monoisotopic (exact) mass is 794 g/mol. The number of amides is 1. The lowest BCUT2D eigenvalue weighted by Crippen LogP contribution is -2.39. The summed E-state index contributed by atoms with van der Waals surface area (Å²) in [5, 5.41) is 22.5. The lowest BCUT2D eigenvalue weighted by molar-refractivity contribution is 0.0605. The summed E-state index contributed by atoms with van der Waals surface area (Å²) in [6, 6.07) is 17.7. The summed E-state index contributed by atoms with van der Waals surface area (Å²) in [4.78, 5) is 34.9. The number of nitrogens with zero attached hydrogens (tertiary/aromatic N) is 7. The zero-order chi connectivity index (χ0) is 37.6. The molecule has 1 amide bonds. The summed E-state index contributed by atoms with van der Waals surface area (Å²) in [7, 11) is 0. The number of carboxylic acids is 1. The van der Waals surface area contributed by atoms with Crippen LogP contribution in [0.1, 0.15) is 93.8 Å². The maximum Gasteiger partial charge on any atom is 0.336 e. The highest BCUT2D eigenvalue weighted by Crippen LogP contribution is 2.33. The zero-order valence-electron chi connectivity index (χ0n) is 29.1. The van der Waals surface area contributed by atoms with E-state index in [1.807, 2.05) is 42.4 Å². The van der Waals surface area contributed by atoms with Crippen molar-refractivity contribution in [1.29, 1.82) is 0 Å². The minimum absolute atomic E-state index is 0.00209. The van der Waals surface area contributed by atoms with Crippen molar-refractivity contribution in [2.45, 2.75) is 64.5 Å². The van der Waals surface area contributed by atoms with Gasteiger partial charge in [0.15, 0.2) is 11.3 Å². The van der Waals surface area contributed by atoms with Gasteiger partial charge in [-0.3, -0.25) is 4.79 Å². The SMILES string of the molecule is Cc1ccc(Cl)cc1C(=O)N1CCCC[C@H]1c1cn2nc(Cl)ccc2n1.Cc1ccc(Cl)cc1C(=O)O.Clc1ccc2nc([C@@H]3CCCCN3)cn2n1. The van der Waals surface area contributed by atoms with Gasteiger partial charge in [0.1, 0.15) is 10.3 Å². The smallest absolute Gasteiger partial charge is 0.336 e. The lowest BCUT2D eigenvalue weighted by atomic mass is 9.97. The third-order valence-corrected chi connectivity index (χ3v) is 10.1. The van der Waals surface area contributed by atoms with Crippen molar-refractivity contribution in [2.75, 3.05) is 13.1 Å². The van der Waals surface area contributed by atoms with E-state index in [-0.39, 0.29) is 17.5 Å². The summed E-state index contributed by atoms with van der Waals surface area (Å²) < 4.78 is 3.41. The number of nitrogens with one attached hydrogen (secondary N) is 1. The first-order valence-electron chi connectivity index (χ1n) is 17.3. The summed E-state index contributed by atoms with van der Waals surface area (Å²) in [5.74, 6) is -0.942. The molecule has 2 aliphatic heterocycles. The molecule has 2 N–H and O–H groups in total. The second-order valence-electron chi connectivity index (χ2n) is 13.0. The van der Waals surface area contributed by atoms with Crippen LogP contribution in [0.25, 0.3) is 11.3 Å². The second-order valence-corrected chi connectivity index (χ2v) is 14.6. The van der Waals surface area contributed by atoms with Gasteiger partial charge in [-0.05, 0) is 112 Å². The van der Waals surface area contributed by atoms with Crippen LogP contribution in [0.2, 0.25) is 20.4 Å². The Morgan fingerprint density at radius 3 is 1.87 bits per heavy atom. The largest absolute Gasteiger partial charge is 0.478 e. The normalized spacial score (nSPS) is 17.1. The van der Waals surface area contributed by atoms with Gasteiger partial charge >= 0.3 is 5.97 Å². The van der Waals surface area contributed by atoms with E-state index >= 15 is 0 Å².